The van der Waals surface area contributed by atoms with Gasteiger partial charge in [-0.15, -0.1) is 0 Å². The maximum absolute atomic E-state index is 14.5. The van der Waals surface area contributed by atoms with Crippen molar-refractivity contribution in [2.24, 2.45) is 16.9 Å². The molecule has 0 radical (unpaired) electrons. The van der Waals surface area contributed by atoms with E-state index in [0.717, 1.165) is 10.5 Å². The van der Waals surface area contributed by atoms with Crippen LogP contribution in [0.15, 0.2) is 77.9 Å². The second-order valence-electron chi connectivity index (χ2n) is 12.8. The van der Waals surface area contributed by atoms with Gasteiger partial charge in [-0.05, 0) is 73.6 Å². The molecule has 1 saturated heterocycles. The Morgan fingerprint density at radius 2 is 1.61 bits per heavy atom. The lowest BCUT2D eigenvalue weighted by Crippen LogP contribution is -2.53. The van der Waals surface area contributed by atoms with Gasteiger partial charge >= 0.3 is 18.0 Å². The normalized spacial score (nSPS) is 17.3. The second kappa shape index (κ2) is 15.5. The summed E-state index contributed by atoms with van der Waals surface area (Å²) in [4.78, 5) is 68.8. The van der Waals surface area contributed by atoms with Crippen molar-refractivity contribution >= 4 is 47.4 Å². The van der Waals surface area contributed by atoms with E-state index in [1.165, 1.54) is 11.1 Å². The maximum atomic E-state index is 14.5. The highest BCUT2D eigenvalue weighted by Crippen LogP contribution is 2.40. The Hall–Kier alpha value is -5.72. The summed E-state index contributed by atoms with van der Waals surface area (Å²) in [5.41, 5.74) is 2.48. The molecule has 3 aromatic rings. The average molecular weight is 670 g/mol. The van der Waals surface area contributed by atoms with Crippen molar-refractivity contribution in [3.63, 3.8) is 0 Å². The number of urea groups is 2. The zero-order valence-corrected chi connectivity index (χ0v) is 28.3. The highest BCUT2D eigenvalue weighted by Gasteiger charge is 2.58. The van der Waals surface area contributed by atoms with E-state index in [2.05, 4.69) is 21.1 Å². The summed E-state index contributed by atoms with van der Waals surface area (Å²) in [6.07, 6.45) is 1.31. The Balaban J connectivity index is 1.65. The fraction of sp³-hybridized carbons (Fsp3) is 0.333. The lowest BCUT2D eigenvalue weighted by atomic mass is 9.88. The summed E-state index contributed by atoms with van der Waals surface area (Å²) < 4.78 is 0. The number of amides is 6. The molecule has 0 aromatic heterocycles. The van der Waals surface area contributed by atoms with Gasteiger partial charge in [-0.3, -0.25) is 14.4 Å². The number of rotatable bonds is 13. The molecule has 1 fully saturated rings. The third-order valence-electron chi connectivity index (χ3n) is 8.43. The van der Waals surface area contributed by atoms with Crippen LogP contribution in [-0.4, -0.2) is 63.1 Å². The van der Waals surface area contributed by atoms with Crippen LogP contribution in [0.5, 0.6) is 0 Å². The van der Waals surface area contributed by atoms with Gasteiger partial charge in [0.15, 0.2) is 0 Å². The van der Waals surface area contributed by atoms with Gasteiger partial charge in [0.1, 0.15) is 11.6 Å². The van der Waals surface area contributed by atoms with Crippen LogP contribution in [0.1, 0.15) is 62.8 Å². The molecule has 0 bridgehead atoms. The second-order valence-corrected chi connectivity index (χ2v) is 12.8. The number of carboxylic acids is 1. The molecule has 6 amide bonds. The van der Waals surface area contributed by atoms with E-state index in [1.54, 1.807) is 68.4 Å². The van der Waals surface area contributed by atoms with E-state index >= 15 is 0 Å². The molecule has 0 spiro atoms. The van der Waals surface area contributed by atoms with E-state index < -0.39 is 47.5 Å². The molecule has 49 heavy (non-hydrogen) atoms. The molecule has 258 valence electrons. The SMILES string of the molecule is Cc1ccccc1NC(=O)Nc1ccc(CN2C(=O)N([C@@H](CC(C)C)C(=O)N[C@H](C)CC(=O)O)C(=O)[C@]2(C)c2ccc(C=NN)cc2)cc1. The van der Waals surface area contributed by atoms with Crippen molar-refractivity contribution in [3.05, 3.63) is 95.1 Å². The van der Waals surface area contributed by atoms with E-state index in [0.29, 0.717) is 28.1 Å². The number of anilines is 2. The number of aryl methyl sites for hydroxylation is 1. The van der Waals surface area contributed by atoms with Gasteiger partial charge < -0.3 is 31.8 Å². The molecule has 6 N–H and O–H groups in total. The molecule has 0 unspecified atom stereocenters. The number of hydrogen-bond acceptors (Lipinski definition) is 7. The number of nitrogens with zero attached hydrogens (tertiary/aromatic N) is 3. The lowest BCUT2D eigenvalue weighted by Gasteiger charge is -2.32. The minimum atomic E-state index is -1.51. The Morgan fingerprint density at radius 3 is 2.20 bits per heavy atom. The molecule has 1 aliphatic rings. The standard InChI is InChI=1S/C36H43N7O6/c1-22(2)18-30(32(46)39-24(4)19-31(44)45)43-33(47)36(5,27-14-10-25(11-15-27)20-38-37)42(35(43)49)21-26-12-16-28(17-13-26)40-34(48)41-29-9-7-6-8-23(29)3/h6-17,20,22,24,30H,18-19,21,37H2,1-5H3,(H,39,46)(H,44,45)(H2,40,41,48)/t24-,30+,36+/m1/s1. The van der Waals surface area contributed by atoms with Crippen molar-refractivity contribution in [2.45, 2.75) is 71.6 Å². The summed E-state index contributed by atoms with van der Waals surface area (Å²) in [6, 6.07) is 18.2. The summed E-state index contributed by atoms with van der Waals surface area (Å²) in [6.45, 7) is 8.84. The number of hydrazone groups is 1. The third-order valence-corrected chi connectivity index (χ3v) is 8.43. The first kappa shape index (κ1) is 36.1. The van der Waals surface area contributed by atoms with Crippen molar-refractivity contribution < 1.29 is 29.1 Å². The van der Waals surface area contributed by atoms with E-state index in [4.69, 9.17) is 5.84 Å². The average Bonchev–Trinajstić information content (AvgIpc) is 3.22. The number of carboxylic acid groups (broad SMARTS) is 1. The van der Waals surface area contributed by atoms with Crippen LogP contribution in [0.3, 0.4) is 0 Å². The molecule has 1 aliphatic heterocycles. The number of aliphatic carboxylic acids is 1. The van der Waals surface area contributed by atoms with Crippen molar-refractivity contribution in [3.8, 4) is 0 Å². The Kier molecular flexibility index (Phi) is 11.4. The van der Waals surface area contributed by atoms with Crippen molar-refractivity contribution in [1.29, 1.82) is 0 Å². The zero-order chi connectivity index (χ0) is 35.9. The predicted molar refractivity (Wildman–Crippen MR) is 187 cm³/mol. The van der Waals surface area contributed by atoms with Crippen LogP contribution in [0.2, 0.25) is 0 Å². The largest absolute Gasteiger partial charge is 0.481 e. The van der Waals surface area contributed by atoms with E-state index in [-0.39, 0.29) is 25.3 Å². The Labute approximate surface area is 285 Å². The van der Waals surface area contributed by atoms with Gasteiger partial charge in [0, 0.05) is 24.0 Å². The highest BCUT2D eigenvalue weighted by atomic mass is 16.4. The molecule has 13 heteroatoms. The predicted octanol–water partition coefficient (Wildman–Crippen LogP) is 5.01. The first-order chi connectivity index (χ1) is 23.2. The van der Waals surface area contributed by atoms with Crippen molar-refractivity contribution in [2.75, 3.05) is 10.6 Å². The summed E-state index contributed by atoms with van der Waals surface area (Å²) in [5.74, 6) is 2.95. The van der Waals surface area contributed by atoms with Gasteiger partial charge in [-0.1, -0.05) is 68.4 Å². The van der Waals surface area contributed by atoms with E-state index in [1.807, 2.05) is 39.0 Å². The van der Waals surface area contributed by atoms with Crippen molar-refractivity contribution in [1.82, 2.24) is 15.1 Å². The first-order valence-corrected chi connectivity index (χ1v) is 16.0. The number of nitrogens with two attached hydrogens (primary N) is 1. The molecule has 1 heterocycles. The molecule has 3 aromatic carbocycles. The summed E-state index contributed by atoms with van der Waals surface area (Å²) in [7, 11) is 0. The molecular weight excluding hydrogens is 626 g/mol. The van der Waals surface area contributed by atoms with Crippen LogP contribution < -0.4 is 21.8 Å². The number of hydrogen-bond donors (Lipinski definition) is 5. The van der Waals surface area contributed by atoms with Crippen LogP contribution in [0.25, 0.3) is 0 Å². The van der Waals surface area contributed by atoms with Gasteiger partial charge in [-0.2, -0.15) is 5.10 Å². The minimum absolute atomic E-state index is 0.00467. The van der Waals surface area contributed by atoms with Crippen LogP contribution >= 0.6 is 0 Å². The first-order valence-electron chi connectivity index (χ1n) is 16.0. The molecule has 4 rings (SSSR count). The van der Waals surface area contributed by atoms with Crippen LogP contribution in [0.4, 0.5) is 21.0 Å². The molecule has 0 saturated carbocycles. The fourth-order valence-electron chi connectivity index (χ4n) is 5.82. The topological polar surface area (TPSA) is 187 Å². The quantitative estimate of drug-likeness (QED) is 0.0733. The number of carbonyl (C=O) groups excluding carboxylic acids is 4. The molecule has 3 atom stereocenters. The molecular formula is C36H43N7O6. The van der Waals surface area contributed by atoms with Gasteiger partial charge in [-0.25, -0.2) is 14.5 Å². The van der Waals surface area contributed by atoms with Gasteiger partial charge in [0.2, 0.25) is 5.91 Å². The van der Waals surface area contributed by atoms with Gasteiger partial charge in [0.25, 0.3) is 5.91 Å². The number of nitrogens with one attached hydrogen (secondary N) is 3. The number of para-hydroxylation sites is 1. The number of benzene rings is 3. The maximum Gasteiger partial charge on any atom is 0.329 e. The molecule has 13 nitrogen and oxygen atoms in total. The fourth-order valence-corrected chi connectivity index (χ4v) is 5.82. The Bertz CT molecular complexity index is 1720. The minimum Gasteiger partial charge on any atom is -0.481 e. The van der Waals surface area contributed by atoms with Crippen LogP contribution in [0, 0.1) is 12.8 Å². The summed E-state index contributed by atoms with van der Waals surface area (Å²) in [5, 5.41) is 21.1. The van der Waals surface area contributed by atoms with E-state index in [9.17, 15) is 29.1 Å². The smallest absolute Gasteiger partial charge is 0.329 e. The highest BCUT2D eigenvalue weighted by molar-refractivity contribution is 6.10. The monoisotopic (exact) mass is 669 g/mol. The number of imide groups is 1. The van der Waals surface area contributed by atoms with Gasteiger partial charge in [0.05, 0.1) is 12.6 Å². The number of carbonyl (C=O) groups is 5. The third kappa shape index (κ3) is 8.42. The zero-order valence-electron chi connectivity index (χ0n) is 28.3. The molecule has 0 aliphatic carbocycles. The summed E-state index contributed by atoms with van der Waals surface area (Å²) >= 11 is 0. The lowest BCUT2D eigenvalue weighted by molar-refractivity contribution is -0.141. The van der Waals surface area contributed by atoms with Crippen LogP contribution in [-0.2, 0) is 26.5 Å². The Morgan fingerprint density at radius 1 is 0.959 bits per heavy atom.